The molecule has 1 atom stereocenters. The maximum absolute atomic E-state index is 13.5. The lowest BCUT2D eigenvalue weighted by atomic mass is 10.00. The Balaban J connectivity index is 2.25. The molecule has 1 unspecified atom stereocenters. The summed E-state index contributed by atoms with van der Waals surface area (Å²) in [5, 5.41) is 11.5. The van der Waals surface area contributed by atoms with E-state index in [1.165, 1.54) is 12.1 Å². The van der Waals surface area contributed by atoms with Crippen molar-refractivity contribution >= 4 is 17.6 Å². The lowest BCUT2D eigenvalue weighted by Crippen LogP contribution is -2.21. The van der Waals surface area contributed by atoms with Gasteiger partial charge in [-0.1, -0.05) is 36.4 Å². The van der Waals surface area contributed by atoms with Gasteiger partial charge in [-0.25, -0.2) is 9.18 Å². The summed E-state index contributed by atoms with van der Waals surface area (Å²) in [4.78, 5) is 23.2. The van der Waals surface area contributed by atoms with Crippen LogP contribution in [-0.2, 0) is 4.79 Å². The minimum absolute atomic E-state index is 0.0460. The predicted octanol–water partition coefficient (Wildman–Crippen LogP) is 3.27. The average Bonchev–Trinajstić information content (AvgIpc) is 2.47. The Morgan fingerprint density at radius 2 is 1.76 bits per heavy atom. The number of carbonyl (C=O) groups excluding carboxylic acids is 1. The normalized spacial score (nSPS) is 11.7. The summed E-state index contributed by atoms with van der Waals surface area (Å²) in [6, 6.07) is 12.8. The standard InChI is InChI=1S/C16H14FNO3/c1-10(11-6-3-2-4-7-11)15(19)18-13-9-5-8-12(17)14(13)16(20)21/h2-10H,1H3,(H,18,19)(H,20,21). The number of hydrogen-bond acceptors (Lipinski definition) is 2. The number of amides is 1. The minimum Gasteiger partial charge on any atom is -0.478 e. The maximum Gasteiger partial charge on any atom is 0.340 e. The molecule has 1 amide bonds. The number of aromatic carboxylic acids is 1. The van der Waals surface area contributed by atoms with Crippen LogP contribution in [0.4, 0.5) is 10.1 Å². The maximum atomic E-state index is 13.5. The fourth-order valence-electron chi connectivity index (χ4n) is 1.98. The lowest BCUT2D eigenvalue weighted by molar-refractivity contribution is -0.117. The van der Waals surface area contributed by atoms with Gasteiger partial charge >= 0.3 is 5.97 Å². The number of benzene rings is 2. The number of nitrogens with one attached hydrogen (secondary N) is 1. The molecule has 2 rings (SSSR count). The number of anilines is 1. The number of hydrogen-bond donors (Lipinski definition) is 2. The highest BCUT2D eigenvalue weighted by atomic mass is 19.1. The van der Waals surface area contributed by atoms with Crippen LogP contribution in [0.5, 0.6) is 0 Å². The Bertz CT molecular complexity index is 670. The Hall–Kier alpha value is -2.69. The van der Waals surface area contributed by atoms with Gasteiger partial charge in [0.05, 0.1) is 11.6 Å². The van der Waals surface area contributed by atoms with Gasteiger partial charge in [0, 0.05) is 0 Å². The summed E-state index contributed by atoms with van der Waals surface area (Å²) in [7, 11) is 0. The first kappa shape index (κ1) is 14.7. The number of carboxylic acid groups (broad SMARTS) is 1. The monoisotopic (exact) mass is 287 g/mol. The van der Waals surface area contributed by atoms with Gasteiger partial charge < -0.3 is 10.4 Å². The first-order chi connectivity index (χ1) is 10.0. The first-order valence-corrected chi connectivity index (χ1v) is 6.38. The largest absolute Gasteiger partial charge is 0.478 e. The predicted molar refractivity (Wildman–Crippen MR) is 76.8 cm³/mol. The smallest absolute Gasteiger partial charge is 0.340 e. The van der Waals surface area contributed by atoms with Crippen LogP contribution in [0.1, 0.15) is 28.8 Å². The molecule has 0 spiro atoms. The average molecular weight is 287 g/mol. The van der Waals surface area contributed by atoms with Crippen LogP contribution in [0, 0.1) is 5.82 Å². The van der Waals surface area contributed by atoms with E-state index in [-0.39, 0.29) is 5.69 Å². The molecule has 0 radical (unpaired) electrons. The molecule has 21 heavy (non-hydrogen) atoms. The molecule has 2 aromatic carbocycles. The van der Waals surface area contributed by atoms with Gasteiger partial charge in [-0.2, -0.15) is 0 Å². The molecule has 2 N–H and O–H groups in total. The third-order valence-electron chi connectivity index (χ3n) is 3.18. The van der Waals surface area contributed by atoms with Crippen LogP contribution < -0.4 is 5.32 Å². The van der Waals surface area contributed by atoms with Crippen molar-refractivity contribution in [3.05, 3.63) is 65.5 Å². The van der Waals surface area contributed by atoms with E-state index < -0.39 is 29.2 Å². The zero-order chi connectivity index (χ0) is 15.4. The van der Waals surface area contributed by atoms with E-state index >= 15 is 0 Å². The summed E-state index contributed by atoms with van der Waals surface area (Å²) in [5.41, 5.74) is 0.213. The van der Waals surface area contributed by atoms with Gasteiger partial charge in [-0.3, -0.25) is 4.79 Å². The number of carbonyl (C=O) groups is 2. The first-order valence-electron chi connectivity index (χ1n) is 6.38. The van der Waals surface area contributed by atoms with Crippen LogP contribution >= 0.6 is 0 Å². The highest BCUT2D eigenvalue weighted by Crippen LogP contribution is 2.22. The fraction of sp³-hybridized carbons (Fsp3) is 0.125. The van der Waals surface area contributed by atoms with Crippen molar-refractivity contribution in [2.75, 3.05) is 5.32 Å². The molecule has 2 aromatic rings. The highest BCUT2D eigenvalue weighted by Gasteiger charge is 2.20. The van der Waals surface area contributed by atoms with Gasteiger partial charge in [-0.05, 0) is 24.6 Å². The van der Waals surface area contributed by atoms with Crippen molar-refractivity contribution < 1.29 is 19.1 Å². The van der Waals surface area contributed by atoms with Crippen molar-refractivity contribution in [1.82, 2.24) is 0 Å². The summed E-state index contributed by atoms with van der Waals surface area (Å²) >= 11 is 0. The molecule has 0 aromatic heterocycles. The van der Waals surface area contributed by atoms with E-state index in [4.69, 9.17) is 5.11 Å². The van der Waals surface area contributed by atoms with E-state index in [2.05, 4.69) is 5.32 Å². The molecule has 4 nitrogen and oxygen atoms in total. The zero-order valence-corrected chi connectivity index (χ0v) is 11.3. The number of carboxylic acids is 1. The van der Waals surface area contributed by atoms with E-state index in [0.29, 0.717) is 0 Å². The molecule has 0 aliphatic heterocycles. The molecular formula is C16H14FNO3. The lowest BCUT2D eigenvalue weighted by Gasteiger charge is -2.14. The molecule has 0 aliphatic carbocycles. The zero-order valence-electron chi connectivity index (χ0n) is 11.3. The van der Waals surface area contributed by atoms with Crippen molar-refractivity contribution in [1.29, 1.82) is 0 Å². The van der Waals surface area contributed by atoms with Crippen LogP contribution in [0.25, 0.3) is 0 Å². The summed E-state index contributed by atoms with van der Waals surface area (Å²) in [5.74, 6) is -3.17. The summed E-state index contributed by atoms with van der Waals surface area (Å²) in [6.45, 7) is 1.70. The van der Waals surface area contributed by atoms with Gasteiger partial charge in [0.15, 0.2) is 0 Å². The van der Waals surface area contributed by atoms with Crippen LogP contribution in [0.3, 0.4) is 0 Å². The van der Waals surface area contributed by atoms with Gasteiger partial charge in [0.2, 0.25) is 5.91 Å². The van der Waals surface area contributed by atoms with E-state index in [9.17, 15) is 14.0 Å². The highest BCUT2D eigenvalue weighted by molar-refractivity contribution is 6.02. The quantitative estimate of drug-likeness (QED) is 0.907. The van der Waals surface area contributed by atoms with E-state index in [1.807, 2.05) is 18.2 Å². The second-order valence-electron chi connectivity index (χ2n) is 4.59. The number of rotatable bonds is 4. The van der Waals surface area contributed by atoms with E-state index in [1.54, 1.807) is 19.1 Å². The fourth-order valence-corrected chi connectivity index (χ4v) is 1.98. The molecule has 0 aliphatic rings. The second kappa shape index (κ2) is 6.17. The summed E-state index contributed by atoms with van der Waals surface area (Å²) < 4.78 is 13.5. The molecule has 5 heteroatoms. The molecule has 0 saturated carbocycles. The Kier molecular flexibility index (Phi) is 4.33. The van der Waals surface area contributed by atoms with Crippen molar-refractivity contribution in [2.24, 2.45) is 0 Å². The second-order valence-corrected chi connectivity index (χ2v) is 4.59. The molecule has 0 fully saturated rings. The third kappa shape index (κ3) is 3.25. The van der Waals surface area contributed by atoms with Crippen molar-refractivity contribution in [2.45, 2.75) is 12.8 Å². The van der Waals surface area contributed by atoms with E-state index in [0.717, 1.165) is 11.6 Å². The molecule has 0 heterocycles. The van der Waals surface area contributed by atoms with Crippen molar-refractivity contribution in [3.63, 3.8) is 0 Å². The Labute approximate surface area is 121 Å². The van der Waals surface area contributed by atoms with Crippen molar-refractivity contribution in [3.8, 4) is 0 Å². The van der Waals surface area contributed by atoms with Gasteiger partial charge in [0.25, 0.3) is 0 Å². The third-order valence-corrected chi connectivity index (χ3v) is 3.18. The van der Waals surface area contributed by atoms with Crippen LogP contribution in [-0.4, -0.2) is 17.0 Å². The van der Waals surface area contributed by atoms with Crippen LogP contribution in [0.2, 0.25) is 0 Å². The topological polar surface area (TPSA) is 66.4 Å². The molecule has 0 saturated heterocycles. The molecule has 0 bridgehead atoms. The number of halogens is 1. The minimum atomic E-state index is -1.42. The Morgan fingerprint density at radius 3 is 2.38 bits per heavy atom. The van der Waals surface area contributed by atoms with Gasteiger partial charge in [0.1, 0.15) is 11.4 Å². The Morgan fingerprint density at radius 1 is 1.10 bits per heavy atom. The molecular weight excluding hydrogens is 273 g/mol. The molecule has 108 valence electrons. The van der Waals surface area contributed by atoms with Crippen LogP contribution in [0.15, 0.2) is 48.5 Å². The summed E-state index contributed by atoms with van der Waals surface area (Å²) in [6.07, 6.45) is 0. The van der Waals surface area contributed by atoms with Gasteiger partial charge in [-0.15, -0.1) is 0 Å². The SMILES string of the molecule is CC(C(=O)Nc1cccc(F)c1C(=O)O)c1ccccc1.